The highest BCUT2D eigenvalue weighted by Crippen LogP contribution is 2.33. The van der Waals surface area contributed by atoms with Crippen molar-refractivity contribution in [2.24, 2.45) is 0 Å². The summed E-state index contributed by atoms with van der Waals surface area (Å²) in [5.41, 5.74) is -0.230. The Labute approximate surface area is 104 Å². The number of rotatable bonds is 4. The molecular weight excluding hydrogens is 242 g/mol. The van der Waals surface area contributed by atoms with Crippen molar-refractivity contribution in [3.8, 4) is 0 Å². The van der Waals surface area contributed by atoms with Gasteiger partial charge in [0.05, 0.1) is 6.61 Å². The van der Waals surface area contributed by atoms with Gasteiger partial charge < -0.3 is 4.74 Å². The number of Topliss-reactive ketones (excluding diaryl/α,β-unsaturated/α-hetero) is 1. The first-order valence-corrected chi connectivity index (χ1v) is 5.47. The van der Waals surface area contributed by atoms with Gasteiger partial charge in [0.25, 0.3) is 0 Å². The Morgan fingerprint density at radius 1 is 1.33 bits per heavy atom. The van der Waals surface area contributed by atoms with E-state index in [0.29, 0.717) is 5.56 Å². The minimum Gasteiger partial charge on any atom is -0.461 e. The maximum Gasteiger partial charge on any atom is 0.382 e. The SMILES string of the molecule is CCOC(=O)C(F)(F)c1cc(C)ccc1C(C)=O. The number of hydrogen-bond donors (Lipinski definition) is 0. The van der Waals surface area contributed by atoms with Crippen molar-refractivity contribution in [2.75, 3.05) is 6.61 Å². The maximum atomic E-state index is 13.9. The molecule has 1 rings (SSSR count). The van der Waals surface area contributed by atoms with Crippen LogP contribution >= 0.6 is 0 Å². The van der Waals surface area contributed by atoms with Gasteiger partial charge in [-0.1, -0.05) is 17.7 Å². The normalized spacial score (nSPS) is 11.2. The summed E-state index contributed by atoms with van der Waals surface area (Å²) in [6, 6.07) is 3.97. The Bertz CT molecular complexity index is 481. The Morgan fingerprint density at radius 2 is 1.94 bits per heavy atom. The number of esters is 1. The van der Waals surface area contributed by atoms with E-state index in [1.54, 1.807) is 13.0 Å². The minimum absolute atomic E-state index is 0.143. The van der Waals surface area contributed by atoms with E-state index in [9.17, 15) is 18.4 Å². The second kappa shape index (κ2) is 5.25. The molecule has 0 saturated carbocycles. The zero-order valence-corrected chi connectivity index (χ0v) is 10.4. The molecule has 98 valence electrons. The van der Waals surface area contributed by atoms with Gasteiger partial charge in [-0.3, -0.25) is 4.79 Å². The zero-order valence-electron chi connectivity index (χ0n) is 10.4. The molecule has 0 radical (unpaired) electrons. The number of carbonyl (C=O) groups is 2. The van der Waals surface area contributed by atoms with E-state index in [2.05, 4.69) is 4.74 Å². The second-order valence-electron chi connectivity index (χ2n) is 3.90. The quantitative estimate of drug-likeness (QED) is 0.614. The van der Waals surface area contributed by atoms with Crippen LogP contribution in [0.2, 0.25) is 0 Å². The summed E-state index contributed by atoms with van der Waals surface area (Å²) in [7, 11) is 0. The summed E-state index contributed by atoms with van der Waals surface area (Å²) in [4.78, 5) is 22.6. The molecular formula is C13H14F2O3. The van der Waals surface area contributed by atoms with Crippen molar-refractivity contribution in [3.05, 3.63) is 34.9 Å². The van der Waals surface area contributed by atoms with Crippen LogP contribution in [0.1, 0.15) is 35.3 Å². The first-order chi connectivity index (χ1) is 8.30. The molecule has 0 saturated heterocycles. The van der Waals surface area contributed by atoms with Gasteiger partial charge in [-0.15, -0.1) is 0 Å². The molecule has 3 nitrogen and oxygen atoms in total. The summed E-state index contributed by atoms with van der Waals surface area (Å²) in [6.45, 7) is 4.08. The van der Waals surface area contributed by atoms with Crippen molar-refractivity contribution >= 4 is 11.8 Å². The Morgan fingerprint density at radius 3 is 2.44 bits per heavy atom. The second-order valence-corrected chi connectivity index (χ2v) is 3.90. The lowest BCUT2D eigenvalue weighted by molar-refractivity contribution is -0.173. The Balaban J connectivity index is 3.33. The Kier molecular flexibility index (Phi) is 4.16. The van der Waals surface area contributed by atoms with E-state index in [4.69, 9.17) is 0 Å². The topological polar surface area (TPSA) is 43.4 Å². The lowest BCUT2D eigenvalue weighted by Gasteiger charge is -2.18. The molecule has 0 bridgehead atoms. The fourth-order valence-corrected chi connectivity index (χ4v) is 1.56. The van der Waals surface area contributed by atoms with Crippen LogP contribution in [-0.4, -0.2) is 18.4 Å². The lowest BCUT2D eigenvalue weighted by Crippen LogP contribution is -2.30. The summed E-state index contributed by atoms with van der Waals surface area (Å²) >= 11 is 0. The third-order valence-electron chi connectivity index (χ3n) is 2.42. The fourth-order valence-electron chi connectivity index (χ4n) is 1.56. The molecule has 0 aromatic heterocycles. The van der Waals surface area contributed by atoms with Crippen molar-refractivity contribution in [1.82, 2.24) is 0 Å². The average molecular weight is 256 g/mol. The number of ketones is 1. The number of ether oxygens (including phenoxy) is 1. The molecule has 0 fully saturated rings. The van der Waals surface area contributed by atoms with Gasteiger partial charge in [-0.25, -0.2) is 4.79 Å². The largest absolute Gasteiger partial charge is 0.461 e. The predicted octanol–water partition coefficient (Wildman–Crippen LogP) is 2.85. The van der Waals surface area contributed by atoms with Crippen LogP contribution in [0.4, 0.5) is 8.78 Å². The number of benzene rings is 1. The molecule has 0 heterocycles. The molecule has 0 aliphatic heterocycles. The fraction of sp³-hybridized carbons (Fsp3) is 0.385. The van der Waals surface area contributed by atoms with E-state index < -0.39 is 23.2 Å². The minimum atomic E-state index is -3.82. The van der Waals surface area contributed by atoms with Crippen molar-refractivity contribution in [2.45, 2.75) is 26.7 Å². The predicted molar refractivity (Wildman–Crippen MR) is 61.7 cm³/mol. The van der Waals surface area contributed by atoms with Crippen molar-refractivity contribution in [3.63, 3.8) is 0 Å². The average Bonchev–Trinajstić information content (AvgIpc) is 2.28. The molecule has 18 heavy (non-hydrogen) atoms. The molecule has 1 aromatic carbocycles. The van der Waals surface area contributed by atoms with Crippen LogP contribution in [-0.2, 0) is 15.5 Å². The third kappa shape index (κ3) is 2.72. The van der Waals surface area contributed by atoms with Gasteiger partial charge in [0.2, 0.25) is 0 Å². The van der Waals surface area contributed by atoms with Gasteiger partial charge in [0, 0.05) is 11.1 Å². The van der Waals surface area contributed by atoms with E-state index >= 15 is 0 Å². The molecule has 0 spiro atoms. The highest BCUT2D eigenvalue weighted by Gasteiger charge is 2.44. The first-order valence-electron chi connectivity index (χ1n) is 5.47. The number of carbonyl (C=O) groups excluding carboxylic acids is 2. The van der Waals surface area contributed by atoms with E-state index in [1.165, 1.54) is 19.9 Å². The summed E-state index contributed by atoms with van der Waals surface area (Å²) in [5.74, 6) is -5.98. The van der Waals surface area contributed by atoms with Crippen LogP contribution in [0, 0.1) is 6.92 Å². The van der Waals surface area contributed by atoms with Crippen LogP contribution in [0.15, 0.2) is 18.2 Å². The molecule has 0 atom stereocenters. The molecule has 0 aliphatic rings. The molecule has 0 aliphatic carbocycles. The van der Waals surface area contributed by atoms with E-state index in [-0.39, 0.29) is 12.2 Å². The van der Waals surface area contributed by atoms with E-state index in [1.807, 2.05) is 0 Å². The standard InChI is InChI=1S/C13H14F2O3/c1-4-18-12(17)13(14,15)11-7-8(2)5-6-10(11)9(3)16/h5-7H,4H2,1-3H3. The van der Waals surface area contributed by atoms with Crippen molar-refractivity contribution < 1.29 is 23.1 Å². The highest BCUT2D eigenvalue weighted by atomic mass is 19.3. The number of halogens is 2. The summed E-state index contributed by atoms with van der Waals surface area (Å²) in [5, 5.41) is 0. The lowest BCUT2D eigenvalue weighted by atomic mass is 9.97. The third-order valence-corrected chi connectivity index (χ3v) is 2.42. The number of hydrogen-bond acceptors (Lipinski definition) is 3. The van der Waals surface area contributed by atoms with Gasteiger partial charge in [0.1, 0.15) is 0 Å². The van der Waals surface area contributed by atoms with Gasteiger partial charge in [-0.2, -0.15) is 8.78 Å². The maximum absolute atomic E-state index is 13.9. The summed E-state index contributed by atoms with van der Waals surface area (Å²) < 4.78 is 32.2. The number of alkyl halides is 2. The smallest absolute Gasteiger partial charge is 0.382 e. The highest BCUT2D eigenvalue weighted by molar-refractivity contribution is 5.97. The van der Waals surface area contributed by atoms with Crippen LogP contribution in [0.5, 0.6) is 0 Å². The Hall–Kier alpha value is -1.78. The van der Waals surface area contributed by atoms with Crippen LogP contribution < -0.4 is 0 Å². The molecule has 5 heteroatoms. The molecule has 0 amide bonds. The summed E-state index contributed by atoms with van der Waals surface area (Å²) in [6.07, 6.45) is 0. The van der Waals surface area contributed by atoms with Crippen LogP contribution in [0.3, 0.4) is 0 Å². The first kappa shape index (κ1) is 14.3. The molecule has 0 unspecified atom stereocenters. The van der Waals surface area contributed by atoms with Gasteiger partial charge in [-0.05, 0) is 26.8 Å². The zero-order chi connectivity index (χ0) is 13.9. The van der Waals surface area contributed by atoms with Crippen molar-refractivity contribution in [1.29, 1.82) is 0 Å². The molecule has 0 N–H and O–H groups in total. The molecule has 1 aromatic rings. The van der Waals surface area contributed by atoms with E-state index in [0.717, 1.165) is 6.07 Å². The van der Waals surface area contributed by atoms with Gasteiger partial charge in [0.15, 0.2) is 5.78 Å². The van der Waals surface area contributed by atoms with Crippen LogP contribution in [0.25, 0.3) is 0 Å². The van der Waals surface area contributed by atoms with Gasteiger partial charge >= 0.3 is 11.9 Å². The number of aryl methyl sites for hydroxylation is 1. The monoisotopic (exact) mass is 256 g/mol.